The van der Waals surface area contributed by atoms with E-state index in [1.165, 1.54) is 0 Å². The van der Waals surface area contributed by atoms with Gasteiger partial charge < -0.3 is 25.7 Å². The second-order valence-electron chi connectivity index (χ2n) is 4.98. The molecule has 112 valence electrons. The van der Waals surface area contributed by atoms with Gasteiger partial charge >= 0.3 is 0 Å². The molecule has 0 saturated carbocycles. The highest BCUT2D eigenvalue weighted by Crippen LogP contribution is 2.23. The smallest absolute Gasteiger partial charge is 0.238 e. The summed E-state index contributed by atoms with van der Waals surface area (Å²) in [4.78, 5) is 13.5. The van der Waals surface area contributed by atoms with Crippen molar-refractivity contribution in [2.75, 3.05) is 44.4 Å². The number of benzene rings is 1. The summed E-state index contributed by atoms with van der Waals surface area (Å²) in [6.07, 6.45) is -0.804. The summed E-state index contributed by atoms with van der Waals surface area (Å²) >= 11 is 0. The lowest BCUT2D eigenvalue weighted by molar-refractivity contribution is -0.116. The van der Waals surface area contributed by atoms with Crippen LogP contribution in [-0.4, -0.2) is 60.9 Å². The van der Waals surface area contributed by atoms with Crippen LogP contribution in [0.5, 0.6) is 0 Å². The van der Waals surface area contributed by atoms with E-state index in [1.807, 2.05) is 39.2 Å². The van der Waals surface area contributed by atoms with Crippen molar-refractivity contribution in [2.24, 2.45) is 0 Å². The Kier molecular flexibility index (Phi) is 6.44. The highest BCUT2D eigenvalue weighted by molar-refractivity contribution is 5.93. The molecule has 1 aromatic rings. The first-order chi connectivity index (χ1) is 9.43. The molecule has 0 aliphatic rings. The topological polar surface area (TPSA) is 84.8 Å². The first kappa shape index (κ1) is 16.4. The van der Waals surface area contributed by atoms with Crippen LogP contribution in [0.1, 0.15) is 5.56 Å². The summed E-state index contributed by atoms with van der Waals surface area (Å²) in [6.45, 7) is 2.18. The fourth-order valence-corrected chi connectivity index (χ4v) is 1.73. The summed E-state index contributed by atoms with van der Waals surface area (Å²) in [6, 6.07) is 5.52. The highest BCUT2D eigenvalue weighted by Gasteiger charge is 2.09. The Hall–Kier alpha value is -1.63. The number of rotatable bonds is 7. The molecule has 1 amide bonds. The second kappa shape index (κ2) is 7.84. The third kappa shape index (κ3) is 5.16. The second-order valence-corrected chi connectivity index (χ2v) is 4.98. The van der Waals surface area contributed by atoms with Crippen LogP contribution in [-0.2, 0) is 4.79 Å². The molecule has 0 spiro atoms. The molecule has 20 heavy (non-hydrogen) atoms. The maximum absolute atomic E-state index is 11.8. The van der Waals surface area contributed by atoms with Crippen LogP contribution >= 0.6 is 0 Å². The van der Waals surface area contributed by atoms with Gasteiger partial charge in [-0.1, -0.05) is 6.07 Å². The molecular weight excluding hydrogens is 258 g/mol. The quantitative estimate of drug-likeness (QED) is 0.576. The van der Waals surface area contributed by atoms with E-state index in [9.17, 15) is 9.90 Å². The fourth-order valence-electron chi connectivity index (χ4n) is 1.73. The van der Waals surface area contributed by atoms with Crippen molar-refractivity contribution in [3.05, 3.63) is 23.8 Å². The molecule has 6 heteroatoms. The molecule has 0 aliphatic heterocycles. The molecule has 0 radical (unpaired) electrons. The number of hydrogen-bond donors (Lipinski definition) is 4. The summed E-state index contributed by atoms with van der Waals surface area (Å²) < 4.78 is 0. The van der Waals surface area contributed by atoms with Gasteiger partial charge in [0.05, 0.1) is 19.3 Å². The van der Waals surface area contributed by atoms with Gasteiger partial charge in [0.1, 0.15) is 0 Å². The maximum atomic E-state index is 11.8. The first-order valence-electron chi connectivity index (χ1n) is 6.51. The predicted molar refractivity (Wildman–Crippen MR) is 79.9 cm³/mol. The zero-order valence-electron chi connectivity index (χ0n) is 12.2. The molecule has 0 fully saturated rings. The van der Waals surface area contributed by atoms with Gasteiger partial charge in [0.15, 0.2) is 0 Å². The summed E-state index contributed by atoms with van der Waals surface area (Å²) in [7, 11) is 3.67. The summed E-state index contributed by atoms with van der Waals surface area (Å²) in [5.74, 6) is -0.0781. The molecule has 1 atom stereocenters. The van der Waals surface area contributed by atoms with Crippen LogP contribution < -0.4 is 10.6 Å². The van der Waals surface area contributed by atoms with E-state index >= 15 is 0 Å². The Morgan fingerprint density at radius 2 is 2.00 bits per heavy atom. The van der Waals surface area contributed by atoms with Gasteiger partial charge in [-0.3, -0.25) is 4.79 Å². The van der Waals surface area contributed by atoms with Crippen molar-refractivity contribution in [3.8, 4) is 0 Å². The van der Waals surface area contributed by atoms with E-state index in [4.69, 9.17) is 5.11 Å². The number of likely N-dealkylation sites (N-methyl/N-ethyl adjacent to an activating group) is 1. The number of aliphatic hydroxyl groups excluding tert-OH is 2. The molecule has 1 unspecified atom stereocenters. The van der Waals surface area contributed by atoms with Crippen molar-refractivity contribution in [1.82, 2.24) is 4.90 Å². The molecule has 0 bridgehead atoms. The van der Waals surface area contributed by atoms with Gasteiger partial charge in [0, 0.05) is 17.9 Å². The van der Waals surface area contributed by atoms with Crippen LogP contribution in [0.25, 0.3) is 0 Å². The van der Waals surface area contributed by atoms with Crippen LogP contribution in [0.3, 0.4) is 0 Å². The summed E-state index contributed by atoms with van der Waals surface area (Å²) in [5, 5.41) is 24.0. The zero-order chi connectivity index (χ0) is 15.1. The van der Waals surface area contributed by atoms with Crippen LogP contribution in [0.4, 0.5) is 11.4 Å². The van der Waals surface area contributed by atoms with Crippen molar-refractivity contribution in [2.45, 2.75) is 13.0 Å². The van der Waals surface area contributed by atoms with Crippen molar-refractivity contribution in [1.29, 1.82) is 0 Å². The first-order valence-corrected chi connectivity index (χ1v) is 6.51. The third-order valence-electron chi connectivity index (χ3n) is 2.81. The lowest BCUT2D eigenvalue weighted by Gasteiger charge is -2.16. The van der Waals surface area contributed by atoms with Gasteiger partial charge in [0.25, 0.3) is 0 Å². The molecular formula is C14H23N3O3. The Labute approximate surface area is 119 Å². The average Bonchev–Trinajstić information content (AvgIpc) is 2.38. The van der Waals surface area contributed by atoms with E-state index in [0.29, 0.717) is 6.54 Å². The number of amides is 1. The average molecular weight is 281 g/mol. The molecule has 6 nitrogen and oxygen atoms in total. The SMILES string of the molecule is Cc1c(NCC(O)CO)cccc1NC(=O)CN(C)C. The van der Waals surface area contributed by atoms with E-state index in [-0.39, 0.29) is 19.1 Å². The van der Waals surface area contributed by atoms with Crippen molar-refractivity contribution < 1.29 is 15.0 Å². The monoisotopic (exact) mass is 281 g/mol. The molecule has 0 aliphatic carbocycles. The molecule has 0 heterocycles. The van der Waals surface area contributed by atoms with Crippen molar-refractivity contribution >= 4 is 17.3 Å². The van der Waals surface area contributed by atoms with E-state index in [1.54, 1.807) is 4.90 Å². The molecule has 1 rings (SSSR count). The Balaban J connectivity index is 2.71. The lowest BCUT2D eigenvalue weighted by atomic mass is 10.1. The summed E-state index contributed by atoms with van der Waals surface area (Å²) in [5.41, 5.74) is 2.45. The van der Waals surface area contributed by atoms with E-state index < -0.39 is 6.10 Å². The standard InChI is InChI=1S/C14H23N3O3/c1-10-12(15-7-11(19)9-18)5-4-6-13(10)16-14(20)8-17(2)3/h4-6,11,15,18-19H,7-9H2,1-3H3,(H,16,20). The number of carbonyl (C=O) groups is 1. The minimum absolute atomic E-state index is 0.0781. The number of nitrogens with one attached hydrogen (secondary N) is 2. The molecule has 0 aromatic heterocycles. The molecule has 1 aromatic carbocycles. The number of anilines is 2. The minimum Gasteiger partial charge on any atom is -0.394 e. The largest absolute Gasteiger partial charge is 0.394 e. The predicted octanol–water partition coefficient (Wildman–Crippen LogP) is 0.260. The zero-order valence-corrected chi connectivity index (χ0v) is 12.2. The minimum atomic E-state index is -0.804. The Morgan fingerprint density at radius 3 is 2.60 bits per heavy atom. The highest BCUT2D eigenvalue weighted by atomic mass is 16.3. The Morgan fingerprint density at radius 1 is 1.35 bits per heavy atom. The lowest BCUT2D eigenvalue weighted by Crippen LogP contribution is -2.27. The van der Waals surface area contributed by atoms with Gasteiger partial charge in [-0.2, -0.15) is 0 Å². The number of carbonyl (C=O) groups excluding carboxylic acids is 1. The molecule has 0 saturated heterocycles. The van der Waals surface area contributed by atoms with Gasteiger partial charge in [-0.25, -0.2) is 0 Å². The van der Waals surface area contributed by atoms with E-state index in [2.05, 4.69) is 10.6 Å². The molecule has 4 N–H and O–H groups in total. The number of nitrogens with zero attached hydrogens (tertiary/aromatic N) is 1. The maximum Gasteiger partial charge on any atom is 0.238 e. The Bertz CT molecular complexity index is 449. The van der Waals surface area contributed by atoms with Gasteiger partial charge in [0.2, 0.25) is 5.91 Å². The normalized spacial score (nSPS) is 12.3. The van der Waals surface area contributed by atoms with Gasteiger partial charge in [-0.05, 0) is 38.7 Å². The van der Waals surface area contributed by atoms with Crippen molar-refractivity contribution in [3.63, 3.8) is 0 Å². The van der Waals surface area contributed by atoms with Crippen LogP contribution in [0.15, 0.2) is 18.2 Å². The van der Waals surface area contributed by atoms with Crippen LogP contribution in [0, 0.1) is 6.92 Å². The van der Waals surface area contributed by atoms with Gasteiger partial charge in [-0.15, -0.1) is 0 Å². The van der Waals surface area contributed by atoms with E-state index in [0.717, 1.165) is 16.9 Å². The number of hydrogen-bond acceptors (Lipinski definition) is 5. The van der Waals surface area contributed by atoms with Crippen LogP contribution in [0.2, 0.25) is 0 Å². The third-order valence-corrected chi connectivity index (χ3v) is 2.81. The fraction of sp³-hybridized carbons (Fsp3) is 0.500. The number of aliphatic hydroxyl groups is 2.